The van der Waals surface area contributed by atoms with E-state index >= 15 is 0 Å². The second-order valence-electron chi connectivity index (χ2n) is 8.48. The van der Waals surface area contributed by atoms with Crippen LogP contribution in [0.5, 0.6) is 11.5 Å². The molecule has 0 saturated carbocycles. The largest absolute Gasteiger partial charge is 0.493 e. The van der Waals surface area contributed by atoms with Crippen molar-refractivity contribution in [1.82, 2.24) is 15.1 Å². The Morgan fingerprint density at radius 2 is 1.74 bits per heavy atom. The zero-order valence-corrected chi connectivity index (χ0v) is 20.4. The summed E-state index contributed by atoms with van der Waals surface area (Å²) in [6.07, 6.45) is 0. The summed E-state index contributed by atoms with van der Waals surface area (Å²) in [7, 11) is 3.10. The van der Waals surface area contributed by atoms with Crippen LogP contribution in [0.2, 0.25) is 0 Å². The summed E-state index contributed by atoms with van der Waals surface area (Å²) in [6.45, 7) is 5.89. The van der Waals surface area contributed by atoms with E-state index in [-0.39, 0.29) is 6.61 Å². The predicted octanol–water partition coefficient (Wildman–Crippen LogP) is 2.23. The van der Waals surface area contributed by atoms with E-state index < -0.39 is 23.8 Å². The first-order chi connectivity index (χ1) is 17.0. The van der Waals surface area contributed by atoms with Crippen LogP contribution in [0.25, 0.3) is 0 Å². The van der Waals surface area contributed by atoms with Gasteiger partial charge in [-0.05, 0) is 30.2 Å². The molecule has 9 heteroatoms. The maximum atomic E-state index is 13.1. The van der Waals surface area contributed by atoms with Crippen molar-refractivity contribution in [3.8, 4) is 11.5 Å². The molecule has 186 valence electrons. The number of nitrogens with one attached hydrogen (secondary N) is 1. The Bertz CT molecular complexity index is 1070. The molecule has 1 saturated heterocycles. The van der Waals surface area contributed by atoms with E-state index in [2.05, 4.69) is 27.2 Å². The number of hydrogen-bond acceptors (Lipinski definition) is 8. The van der Waals surface area contributed by atoms with Crippen LogP contribution in [0, 0.1) is 5.92 Å². The van der Waals surface area contributed by atoms with Crippen molar-refractivity contribution >= 4 is 17.8 Å². The molecule has 4 rings (SSSR count). The monoisotopic (exact) mass is 480 g/mol. The summed E-state index contributed by atoms with van der Waals surface area (Å²) in [4.78, 5) is 35.2. The molecule has 0 radical (unpaired) electrons. The Balaban J connectivity index is 1.56. The number of ether oxygens (including phenoxy) is 3. The lowest BCUT2D eigenvalue weighted by molar-refractivity contribution is -0.153. The second kappa shape index (κ2) is 11.2. The first-order valence-corrected chi connectivity index (χ1v) is 11.8. The molecular weight excluding hydrogens is 448 g/mol. The van der Waals surface area contributed by atoms with Crippen molar-refractivity contribution in [2.45, 2.75) is 19.5 Å². The number of hydrogen-bond donors (Lipinski definition) is 1. The Morgan fingerprint density at radius 3 is 2.40 bits per heavy atom. The number of amides is 1. The average molecular weight is 481 g/mol. The molecule has 9 nitrogen and oxygen atoms in total. The Labute approximate surface area is 205 Å². The van der Waals surface area contributed by atoms with Crippen molar-refractivity contribution in [1.29, 1.82) is 0 Å². The number of esters is 1. The molecule has 2 heterocycles. The van der Waals surface area contributed by atoms with Crippen molar-refractivity contribution in [3.05, 3.63) is 59.7 Å². The molecule has 0 unspecified atom stereocenters. The SMILES string of the molecule is CCOC(=O)[C@H]1C(=O)NC(N2CCN(Cc3ccccc3)CC2)=N[C@@H]1c1ccc(OC)c(OC)c1. The van der Waals surface area contributed by atoms with E-state index in [0.29, 0.717) is 36.1 Å². The van der Waals surface area contributed by atoms with Crippen LogP contribution in [-0.4, -0.2) is 74.6 Å². The molecule has 0 aromatic heterocycles. The summed E-state index contributed by atoms with van der Waals surface area (Å²) in [6, 6.07) is 14.9. The number of guanidine groups is 1. The molecule has 2 aliphatic heterocycles. The van der Waals surface area contributed by atoms with Gasteiger partial charge in [0.15, 0.2) is 17.4 Å². The molecule has 2 aliphatic rings. The molecule has 2 aromatic rings. The molecule has 0 bridgehead atoms. The highest BCUT2D eigenvalue weighted by Crippen LogP contribution is 2.36. The van der Waals surface area contributed by atoms with E-state index in [4.69, 9.17) is 19.2 Å². The van der Waals surface area contributed by atoms with Crippen LogP contribution in [0.3, 0.4) is 0 Å². The lowest BCUT2D eigenvalue weighted by Gasteiger charge is -2.39. The van der Waals surface area contributed by atoms with Crippen molar-refractivity contribution in [2.24, 2.45) is 10.9 Å². The molecule has 1 fully saturated rings. The smallest absolute Gasteiger partial charge is 0.321 e. The zero-order valence-electron chi connectivity index (χ0n) is 20.4. The Morgan fingerprint density at radius 1 is 1.03 bits per heavy atom. The van der Waals surface area contributed by atoms with Gasteiger partial charge in [-0.3, -0.25) is 19.8 Å². The van der Waals surface area contributed by atoms with Crippen molar-refractivity contribution < 1.29 is 23.8 Å². The maximum absolute atomic E-state index is 13.1. The van der Waals surface area contributed by atoms with Crippen LogP contribution in [0.1, 0.15) is 24.1 Å². The van der Waals surface area contributed by atoms with Gasteiger partial charge < -0.3 is 19.1 Å². The summed E-state index contributed by atoms with van der Waals surface area (Å²) in [5.74, 6) is -0.557. The number of rotatable bonds is 7. The van der Waals surface area contributed by atoms with Gasteiger partial charge in [0, 0.05) is 32.7 Å². The van der Waals surface area contributed by atoms with Crippen LogP contribution in [0.15, 0.2) is 53.5 Å². The van der Waals surface area contributed by atoms with Crippen molar-refractivity contribution in [2.75, 3.05) is 47.0 Å². The van der Waals surface area contributed by atoms with E-state index in [1.54, 1.807) is 39.3 Å². The number of carbonyl (C=O) groups excluding carboxylic acids is 2. The van der Waals surface area contributed by atoms with Gasteiger partial charge in [-0.1, -0.05) is 36.4 Å². The number of methoxy groups -OCH3 is 2. The minimum absolute atomic E-state index is 0.182. The normalized spacial score (nSPS) is 20.6. The van der Waals surface area contributed by atoms with E-state index in [1.165, 1.54) is 5.56 Å². The predicted molar refractivity (Wildman–Crippen MR) is 131 cm³/mol. The summed E-state index contributed by atoms with van der Waals surface area (Å²) < 4.78 is 16.0. The van der Waals surface area contributed by atoms with Crippen LogP contribution in [0.4, 0.5) is 0 Å². The van der Waals surface area contributed by atoms with Gasteiger partial charge >= 0.3 is 5.97 Å². The van der Waals surface area contributed by atoms with Gasteiger partial charge in [0.1, 0.15) is 6.04 Å². The highest BCUT2D eigenvalue weighted by molar-refractivity contribution is 6.08. The number of aliphatic imine (C=N–C) groups is 1. The molecule has 1 N–H and O–H groups in total. The van der Waals surface area contributed by atoms with Gasteiger partial charge in [0.25, 0.3) is 0 Å². The van der Waals surface area contributed by atoms with E-state index in [0.717, 1.165) is 19.6 Å². The fourth-order valence-corrected chi connectivity index (χ4v) is 4.46. The zero-order chi connectivity index (χ0) is 24.8. The summed E-state index contributed by atoms with van der Waals surface area (Å²) in [5.41, 5.74) is 1.95. The number of carbonyl (C=O) groups is 2. The van der Waals surface area contributed by atoms with Crippen LogP contribution >= 0.6 is 0 Å². The first kappa shape index (κ1) is 24.5. The number of nitrogens with zero attached hydrogens (tertiary/aromatic N) is 3. The Hall–Kier alpha value is -3.59. The van der Waals surface area contributed by atoms with Gasteiger partial charge in [0.2, 0.25) is 11.9 Å². The average Bonchev–Trinajstić information content (AvgIpc) is 2.89. The third kappa shape index (κ3) is 5.57. The topological polar surface area (TPSA) is 92.7 Å². The highest BCUT2D eigenvalue weighted by Gasteiger charge is 2.42. The number of piperazine rings is 1. The Kier molecular flexibility index (Phi) is 7.87. The van der Waals surface area contributed by atoms with Gasteiger partial charge in [-0.25, -0.2) is 4.99 Å². The third-order valence-corrected chi connectivity index (χ3v) is 6.31. The second-order valence-corrected chi connectivity index (χ2v) is 8.48. The lowest BCUT2D eigenvalue weighted by atomic mass is 9.91. The molecule has 0 spiro atoms. The highest BCUT2D eigenvalue weighted by atomic mass is 16.5. The minimum Gasteiger partial charge on any atom is -0.493 e. The van der Waals surface area contributed by atoms with Crippen LogP contribution < -0.4 is 14.8 Å². The maximum Gasteiger partial charge on any atom is 0.321 e. The van der Waals surface area contributed by atoms with Crippen molar-refractivity contribution in [3.63, 3.8) is 0 Å². The van der Waals surface area contributed by atoms with Crippen LogP contribution in [-0.2, 0) is 20.9 Å². The standard InChI is InChI=1S/C26H32N4O5/c1-4-35-25(32)22-23(19-10-11-20(33-2)21(16-19)34-3)27-26(28-24(22)31)30-14-12-29(13-15-30)17-18-8-6-5-7-9-18/h5-11,16,22-23H,4,12-15,17H2,1-3H3,(H,27,28,31)/t22-,23-/m1/s1. The molecule has 2 atom stereocenters. The quantitative estimate of drug-likeness (QED) is 0.480. The molecule has 0 aliphatic carbocycles. The molecular formula is C26H32N4O5. The summed E-state index contributed by atoms with van der Waals surface area (Å²) in [5, 5.41) is 2.85. The van der Waals surface area contributed by atoms with Gasteiger partial charge in [-0.2, -0.15) is 0 Å². The molecule has 2 aromatic carbocycles. The van der Waals surface area contributed by atoms with E-state index in [9.17, 15) is 9.59 Å². The molecule has 35 heavy (non-hydrogen) atoms. The van der Waals surface area contributed by atoms with Gasteiger partial charge in [-0.15, -0.1) is 0 Å². The van der Waals surface area contributed by atoms with Gasteiger partial charge in [0.05, 0.1) is 20.8 Å². The molecule has 1 amide bonds. The summed E-state index contributed by atoms with van der Waals surface area (Å²) >= 11 is 0. The van der Waals surface area contributed by atoms with E-state index in [1.807, 2.05) is 18.2 Å². The third-order valence-electron chi connectivity index (χ3n) is 6.31. The fraction of sp³-hybridized carbons (Fsp3) is 0.423. The first-order valence-electron chi connectivity index (χ1n) is 11.8. The fourth-order valence-electron chi connectivity index (χ4n) is 4.46. The number of benzene rings is 2. The minimum atomic E-state index is -1.09. The lowest BCUT2D eigenvalue weighted by Crippen LogP contribution is -2.57.